The first kappa shape index (κ1) is 29.4. The number of rotatable bonds is 3. The van der Waals surface area contributed by atoms with Crippen molar-refractivity contribution in [3.05, 3.63) is 182 Å². The number of fused-ring (bicyclic) bond motifs is 12. The third kappa shape index (κ3) is 4.17. The Morgan fingerprint density at radius 3 is 1.54 bits per heavy atom. The van der Waals surface area contributed by atoms with E-state index in [1.165, 1.54) is 65.3 Å². The summed E-state index contributed by atoms with van der Waals surface area (Å²) >= 11 is 0. The van der Waals surface area contributed by atoms with Gasteiger partial charge in [0, 0.05) is 16.2 Å². The van der Waals surface area contributed by atoms with Gasteiger partial charge in [0.25, 0.3) is 0 Å². The quantitative estimate of drug-likeness (QED) is 0.173. The second kappa shape index (κ2) is 11.2. The first-order chi connectivity index (χ1) is 26.8. The topological polar surface area (TPSA) is 26.3 Å². The minimum Gasteiger partial charge on any atom is -0.456 e. The molecule has 0 aliphatic heterocycles. The molecule has 10 aromatic carbocycles. The molecule has 0 spiro atoms. The molecule has 54 heavy (non-hydrogen) atoms. The monoisotopic (exact) mass is 686 g/mol. The molecule has 0 saturated carbocycles. The molecule has 0 bridgehead atoms. The fourth-order valence-electron chi connectivity index (χ4n) is 9.07. The van der Waals surface area contributed by atoms with Gasteiger partial charge < -0.3 is 8.83 Å². The van der Waals surface area contributed by atoms with Crippen molar-refractivity contribution in [3.8, 4) is 33.4 Å². The third-order valence-corrected chi connectivity index (χ3v) is 11.4. The van der Waals surface area contributed by atoms with Crippen LogP contribution < -0.4 is 0 Å². The molecular weight excluding hydrogens is 657 g/mol. The Morgan fingerprint density at radius 2 is 0.833 bits per heavy atom. The van der Waals surface area contributed by atoms with E-state index in [-0.39, 0.29) is 0 Å². The molecule has 0 N–H and O–H groups in total. The van der Waals surface area contributed by atoms with Crippen molar-refractivity contribution in [1.29, 1.82) is 0 Å². The molecule has 0 amide bonds. The van der Waals surface area contributed by atoms with Gasteiger partial charge in [-0.05, 0) is 113 Å². The van der Waals surface area contributed by atoms with Crippen LogP contribution in [0.3, 0.4) is 0 Å². The van der Waals surface area contributed by atoms with E-state index >= 15 is 0 Å². The molecule has 12 rings (SSSR count). The molecule has 0 unspecified atom stereocenters. The molecule has 0 fully saturated rings. The summed E-state index contributed by atoms with van der Waals surface area (Å²) in [5, 5.41) is 14.2. The van der Waals surface area contributed by atoms with Gasteiger partial charge in [-0.15, -0.1) is 0 Å². The molecule has 2 heteroatoms. The van der Waals surface area contributed by atoms with Gasteiger partial charge in [-0.1, -0.05) is 146 Å². The van der Waals surface area contributed by atoms with E-state index in [1.54, 1.807) is 0 Å². The van der Waals surface area contributed by atoms with Gasteiger partial charge >= 0.3 is 0 Å². The average molecular weight is 687 g/mol. The van der Waals surface area contributed by atoms with Crippen molar-refractivity contribution in [2.45, 2.75) is 0 Å². The van der Waals surface area contributed by atoms with E-state index in [4.69, 9.17) is 8.83 Å². The normalized spacial score (nSPS) is 12.1. The number of furan rings is 2. The Labute approximate surface area is 310 Å². The molecule has 12 aromatic rings. The summed E-state index contributed by atoms with van der Waals surface area (Å²) < 4.78 is 13.0. The van der Waals surface area contributed by atoms with E-state index in [0.29, 0.717) is 0 Å². The highest BCUT2D eigenvalue weighted by Gasteiger charge is 2.20. The fraction of sp³-hybridized carbons (Fsp3) is 0. The fourth-order valence-corrected chi connectivity index (χ4v) is 9.07. The van der Waals surface area contributed by atoms with Gasteiger partial charge in [0.1, 0.15) is 22.3 Å². The molecule has 2 aromatic heterocycles. The molecule has 0 aliphatic carbocycles. The lowest BCUT2D eigenvalue weighted by Crippen LogP contribution is -1.91. The molecule has 0 saturated heterocycles. The lowest BCUT2D eigenvalue weighted by atomic mass is 9.85. The van der Waals surface area contributed by atoms with Crippen molar-refractivity contribution in [3.63, 3.8) is 0 Å². The van der Waals surface area contributed by atoms with Crippen LogP contribution in [0.4, 0.5) is 0 Å². The van der Waals surface area contributed by atoms with Crippen LogP contribution in [-0.2, 0) is 0 Å². The maximum absolute atomic E-state index is 6.80. The standard InChI is InChI=1S/C52H30O2/c1-2-12-31(13-3-1)48-38-16-6-8-18-40(38)49(41-19-9-7-17-39(41)48)35-25-23-32-28-34(24-22-33(32)29-35)44-30-47-50(37-15-5-4-14-36(37)44)43-26-27-46-51(52(43)54-47)42-20-10-11-21-45(42)53-46/h1-30H. The van der Waals surface area contributed by atoms with Gasteiger partial charge in [0.2, 0.25) is 0 Å². The number of hydrogen-bond acceptors (Lipinski definition) is 2. The van der Waals surface area contributed by atoms with E-state index in [0.717, 1.165) is 55.0 Å². The van der Waals surface area contributed by atoms with Gasteiger partial charge in [-0.3, -0.25) is 0 Å². The smallest absolute Gasteiger partial charge is 0.147 e. The van der Waals surface area contributed by atoms with Crippen LogP contribution in [0.2, 0.25) is 0 Å². The number of para-hydroxylation sites is 1. The van der Waals surface area contributed by atoms with Gasteiger partial charge in [-0.25, -0.2) is 0 Å². The predicted molar refractivity (Wildman–Crippen MR) is 227 cm³/mol. The maximum atomic E-state index is 6.80. The van der Waals surface area contributed by atoms with E-state index in [9.17, 15) is 0 Å². The first-order valence-corrected chi connectivity index (χ1v) is 18.5. The number of hydrogen-bond donors (Lipinski definition) is 0. The van der Waals surface area contributed by atoms with Crippen molar-refractivity contribution >= 4 is 87.0 Å². The van der Waals surface area contributed by atoms with Crippen LogP contribution in [0.5, 0.6) is 0 Å². The van der Waals surface area contributed by atoms with Crippen LogP contribution in [-0.4, -0.2) is 0 Å². The second-order valence-electron chi connectivity index (χ2n) is 14.3. The van der Waals surface area contributed by atoms with Crippen LogP contribution >= 0.6 is 0 Å². The van der Waals surface area contributed by atoms with Gasteiger partial charge in [0.15, 0.2) is 0 Å². The first-order valence-electron chi connectivity index (χ1n) is 18.5. The Morgan fingerprint density at radius 1 is 0.278 bits per heavy atom. The summed E-state index contributed by atoms with van der Waals surface area (Å²) in [5.41, 5.74) is 10.8. The largest absolute Gasteiger partial charge is 0.456 e. The lowest BCUT2D eigenvalue weighted by molar-refractivity contribution is 0.663. The zero-order valence-corrected chi connectivity index (χ0v) is 29.1. The third-order valence-electron chi connectivity index (χ3n) is 11.4. The lowest BCUT2D eigenvalue weighted by Gasteiger charge is -2.18. The Kier molecular flexibility index (Phi) is 6.09. The minimum atomic E-state index is 0.842. The summed E-state index contributed by atoms with van der Waals surface area (Å²) in [5.74, 6) is 0. The average Bonchev–Trinajstić information content (AvgIpc) is 3.81. The molecule has 250 valence electrons. The van der Waals surface area contributed by atoms with E-state index < -0.39 is 0 Å². The van der Waals surface area contributed by atoms with Crippen LogP contribution in [0.1, 0.15) is 0 Å². The van der Waals surface area contributed by atoms with Crippen LogP contribution in [0, 0.1) is 0 Å². The van der Waals surface area contributed by atoms with Crippen molar-refractivity contribution in [2.24, 2.45) is 0 Å². The highest BCUT2D eigenvalue weighted by Crippen LogP contribution is 2.46. The maximum Gasteiger partial charge on any atom is 0.147 e. The summed E-state index contributed by atoms with van der Waals surface area (Å²) in [6.07, 6.45) is 0. The summed E-state index contributed by atoms with van der Waals surface area (Å²) in [7, 11) is 0. The summed E-state index contributed by atoms with van der Waals surface area (Å²) in [6.45, 7) is 0. The molecule has 0 atom stereocenters. The second-order valence-corrected chi connectivity index (χ2v) is 14.3. The molecule has 0 radical (unpaired) electrons. The van der Waals surface area contributed by atoms with E-state index in [1.807, 2.05) is 12.1 Å². The SMILES string of the molecule is c1ccc(-c2c3ccccc3c(-c3ccc4cc(-c5cc6oc7c(ccc8oc9ccccc9c87)c6c6ccccc56)ccc4c3)c3ccccc23)cc1. The van der Waals surface area contributed by atoms with Gasteiger partial charge in [0.05, 0.1) is 5.39 Å². The Hall–Kier alpha value is -7.16. The van der Waals surface area contributed by atoms with E-state index in [2.05, 4.69) is 170 Å². The molecule has 0 aliphatic rings. The summed E-state index contributed by atoms with van der Waals surface area (Å²) in [6, 6.07) is 65.7. The predicted octanol–water partition coefficient (Wildman–Crippen LogP) is 15.1. The zero-order chi connectivity index (χ0) is 35.3. The Balaban J connectivity index is 1.05. The Bertz CT molecular complexity index is 3430. The zero-order valence-electron chi connectivity index (χ0n) is 29.1. The summed E-state index contributed by atoms with van der Waals surface area (Å²) in [4.78, 5) is 0. The molecule has 2 nitrogen and oxygen atoms in total. The minimum absolute atomic E-state index is 0.842. The molecule has 2 heterocycles. The van der Waals surface area contributed by atoms with Crippen LogP contribution in [0.15, 0.2) is 191 Å². The van der Waals surface area contributed by atoms with Crippen LogP contribution in [0.25, 0.3) is 120 Å². The highest BCUT2D eigenvalue weighted by molar-refractivity contribution is 6.28. The van der Waals surface area contributed by atoms with Crippen molar-refractivity contribution < 1.29 is 8.83 Å². The van der Waals surface area contributed by atoms with Gasteiger partial charge in [-0.2, -0.15) is 0 Å². The molecular formula is C52H30O2. The van der Waals surface area contributed by atoms with Crippen molar-refractivity contribution in [1.82, 2.24) is 0 Å². The highest BCUT2D eigenvalue weighted by atomic mass is 16.3. The van der Waals surface area contributed by atoms with Crippen molar-refractivity contribution in [2.75, 3.05) is 0 Å². The number of benzene rings is 10.